The molecule has 0 fully saturated rings. The van der Waals surface area contributed by atoms with Gasteiger partial charge in [0.1, 0.15) is 0 Å². The fourth-order valence-corrected chi connectivity index (χ4v) is 2.80. The second-order valence-electron chi connectivity index (χ2n) is 6.34. The molecule has 0 aromatic heterocycles. The Morgan fingerprint density at radius 2 is 1.57 bits per heavy atom. The zero-order valence-electron chi connectivity index (χ0n) is 15.4. The summed E-state index contributed by atoms with van der Waals surface area (Å²) < 4.78 is 0. The molecule has 21 heavy (non-hydrogen) atoms. The summed E-state index contributed by atoms with van der Waals surface area (Å²) in [6, 6.07) is 1.27. The van der Waals surface area contributed by atoms with E-state index in [4.69, 9.17) is 0 Å². The van der Waals surface area contributed by atoms with E-state index in [1.165, 1.54) is 17.3 Å². The summed E-state index contributed by atoms with van der Waals surface area (Å²) in [6.45, 7) is 11.4. The smallest absolute Gasteiger partial charge is 0.668 e. The third kappa shape index (κ3) is 18.1. The van der Waals surface area contributed by atoms with E-state index in [1.54, 1.807) is 28.2 Å². The van der Waals surface area contributed by atoms with Gasteiger partial charge in [-0.25, -0.2) is 5.57 Å². The van der Waals surface area contributed by atoms with Gasteiger partial charge in [-0.1, -0.05) is 19.1 Å². The normalized spacial score (nSPS) is 13.0. The molecular formula is C16H34MoN3Si. The quantitative estimate of drug-likeness (QED) is 0.570. The summed E-state index contributed by atoms with van der Waals surface area (Å²) in [5.41, 5.74) is 2.93. The van der Waals surface area contributed by atoms with Gasteiger partial charge in [0.15, 0.2) is 0 Å². The number of nitrogens with zero attached hydrogens (tertiary/aromatic N) is 2. The number of allylic oxidation sites excluding steroid dienone is 3. The van der Waals surface area contributed by atoms with Gasteiger partial charge in [-0.3, -0.25) is 6.08 Å². The molecule has 0 atom stereocenters. The fraction of sp³-hybridized carbons (Fsp3) is 0.750. The summed E-state index contributed by atoms with van der Waals surface area (Å²) >= 11 is 0. The van der Waals surface area contributed by atoms with E-state index >= 15 is 0 Å². The third-order valence-corrected chi connectivity index (χ3v) is 3.29. The molecule has 0 aromatic carbocycles. The van der Waals surface area contributed by atoms with Crippen molar-refractivity contribution in [3.8, 4) is 0 Å². The molecule has 123 valence electrons. The second-order valence-corrected chi connectivity index (χ2v) is 9.54. The first-order chi connectivity index (χ1) is 9.21. The van der Waals surface area contributed by atoms with Crippen LogP contribution >= 0.6 is 0 Å². The summed E-state index contributed by atoms with van der Waals surface area (Å²) in [7, 11) is 6.49. The van der Waals surface area contributed by atoms with Gasteiger partial charge in [0.25, 0.3) is 0 Å². The average Bonchev–Trinajstić information content (AvgIpc) is 2.64. The van der Waals surface area contributed by atoms with Crippen LogP contribution in [0.25, 0.3) is 10.6 Å². The molecule has 0 unspecified atom stereocenters. The number of hydrogen-bond acceptors (Lipinski definition) is 1. The van der Waals surface area contributed by atoms with E-state index in [2.05, 4.69) is 62.0 Å². The topological polar surface area (TPSA) is 40.2 Å². The fourth-order valence-electron chi connectivity index (χ4n) is 1.62. The van der Waals surface area contributed by atoms with Crippen molar-refractivity contribution in [1.82, 2.24) is 5.32 Å². The van der Waals surface area contributed by atoms with Crippen molar-refractivity contribution >= 4 is 8.80 Å². The van der Waals surface area contributed by atoms with Crippen molar-refractivity contribution in [2.24, 2.45) is 0 Å². The molecule has 1 N–H and O–H groups in total. The van der Waals surface area contributed by atoms with Crippen molar-refractivity contribution in [1.29, 1.82) is 0 Å². The summed E-state index contributed by atoms with van der Waals surface area (Å²) in [4.78, 5) is 0. The summed E-state index contributed by atoms with van der Waals surface area (Å²) in [5.74, 6) is 0. The van der Waals surface area contributed by atoms with Crippen LogP contribution in [0.4, 0.5) is 0 Å². The van der Waals surface area contributed by atoms with Crippen LogP contribution < -0.4 is 5.32 Å². The zero-order chi connectivity index (χ0) is 16.2. The Bertz CT molecular complexity index is 292. The minimum Gasteiger partial charge on any atom is -0.668 e. The Morgan fingerprint density at radius 1 is 1.14 bits per heavy atom. The Hall–Kier alpha value is 0.105. The Labute approximate surface area is 149 Å². The molecule has 0 amide bonds. The van der Waals surface area contributed by atoms with E-state index in [-0.39, 0.29) is 26.6 Å². The van der Waals surface area contributed by atoms with E-state index in [0.717, 1.165) is 6.42 Å². The Kier molecular flexibility index (Phi) is 18.6. The van der Waals surface area contributed by atoms with Crippen molar-refractivity contribution in [3.05, 3.63) is 34.1 Å². The maximum atomic E-state index is 3.56. The number of rotatable bonds is 3. The molecule has 0 saturated carbocycles. The maximum Gasteiger partial charge on any atom is 3.00 e. The van der Waals surface area contributed by atoms with E-state index in [1.807, 2.05) is 0 Å². The standard InChI is InChI=1S/C12H22NSi.2C2H6N.Mo/c1-12(2,3)13-11-8-6-7-10(11)9-14(4)5;2*1-3-2;/h8,13-14H,6,9H2,1-5H3;2*1-2H3;/q3*-1;+3. The summed E-state index contributed by atoms with van der Waals surface area (Å²) in [5, 5.41) is 10.6. The molecule has 0 spiro atoms. The molecule has 0 saturated heterocycles. The number of hydrogen-bond donors (Lipinski definition) is 1. The first-order valence-corrected chi connectivity index (χ1v) is 10.4. The largest absolute Gasteiger partial charge is 3.00 e. The first-order valence-electron chi connectivity index (χ1n) is 7.26. The molecule has 1 radical (unpaired) electrons. The SMILES string of the molecule is C[N-]C.C[N-]C.C[SiH](C)CC1=[C-]CC=C1NC(C)(C)C.[Mo+3]. The van der Waals surface area contributed by atoms with Gasteiger partial charge >= 0.3 is 21.1 Å². The monoisotopic (exact) mass is 394 g/mol. The number of nitrogens with one attached hydrogen (secondary N) is 1. The van der Waals surface area contributed by atoms with E-state index in [9.17, 15) is 0 Å². The molecule has 0 aliphatic heterocycles. The van der Waals surface area contributed by atoms with Crippen LogP contribution in [0.3, 0.4) is 0 Å². The Morgan fingerprint density at radius 3 is 1.90 bits per heavy atom. The van der Waals surface area contributed by atoms with Gasteiger partial charge in [-0.15, -0.1) is 12.1 Å². The van der Waals surface area contributed by atoms with Crippen LogP contribution in [-0.4, -0.2) is 42.5 Å². The minimum atomic E-state index is -0.510. The van der Waals surface area contributed by atoms with Crippen molar-refractivity contribution < 1.29 is 21.1 Å². The van der Waals surface area contributed by atoms with Crippen LogP contribution in [0, 0.1) is 6.08 Å². The first kappa shape index (κ1) is 26.0. The van der Waals surface area contributed by atoms with Gasteiger partial charge in [0.05, 0.1) is 0 Å². The van der Waals surface area contributed by atoms with Gasteiger partial charge < -0.3 is 16.0 Å². The van der Waals surface area contributed by atoms with Gasteiger partial charge in [-0.05, 0) is 20.8 Å². The third-order valence-electron chi connectivity index (χ3n) is 2.07. The van der Waals surface area contributed by atoms with Crippen molar-refractivity contribution in [2.75, 3.05) is 28.2 Å². The van der Waals surface area contributed by atoms with Gasteiger partial charge in [0, 0.05) is 14.3 Å². The molecule has 1 aliphatic carbocycles. The summed E-state index contributed by atoms with van der Waals surface area (Å²) in [6.07, 6.45) is 6.71. The molecule has 0 heterocycles. The Balaban J connectivity index is -0.000000400. The second kappa shape index (κ2) is 15.0. The van der Waals surface area contributed by atoms with Crippen molar-refractivity contribution in [3.63, 3.8) is 0 Å². The maximum absolute atomic E-state index is 3.56. The molecule has 0 bridgehead atoms. The predicted molar refractivity (Wildman–Crippen MR) is 96.4 cm³/mol. The molecular weight excluding hydrogens is 358 g/mol. The van der Waals surface area contributed by atoms with Crippen LogP contribution in [-0.2, 0) is 21.1 Å². The van der Waals surface area contributed by atoms with Gasteiger partial charge in [0.2, 0.25) is 0 Å². The van der Waals surface area contributed by atoms with Gasteiger partial charge in [-0.2, -0.15) is 34.3 Å². The molecule has 0 aromatic rings. The van der Waals surface area contributed by atoms with E-state index in [0.29, 0.717) is 0 Å². The average molecular weight is 392 g/mol. The molecule has 1 rings (SSSR count). The van der Waals surface area contributed by atoms with Crippen LogP contribution in [0.2, 0.25) is 19.1 Å². The minimum absolute atomic E-state index is 0. The van der Waals surface area contributed by atoms with Crippen LogP contribution in [0.5, 0.6) is 0 Å². The van der Waals surface area contributed by atoms with Crippen LogP contribution in [0.15, 0.2) is 17.3 Å². The predicted octanol–water partition coefficient (Wildman–Crippen LogP) is 4.12. The van der Waals surface area contributed by atoms with Crippen LogP contribution in [0.1, 0.15) is 27.2 Å². The van der Waals surface area contributed by atoms with Crippen molar-refractivity contribution in [2.45, 2.75) is 51.9 Å². The molecule has 5 heteroatoms. The molecule has 3 nitrogen and oxygen atoms in total. The zero-order valence-corrected chi connectivity index (χ0v) is 18.5. The van der Waals surface area contributed by atoms with E-state index < -0.39 is 8.80 Å². The molecule has 1 aliphatic rings.